The van der Waals surface area contributed by atoms with Gasteiger partial charge in [0.15, 0.2) is 0 Å². The molecule has 0 spiro atoms. The fourth-order valence-electron chi connectivity index (χ4n) is 4.68. The van der Waals surface area contributed by atoms with Crippen LogP contribution in [0.25, 0.3) is 10.8 Å². The average Bonchev–Trinajstić information content (AvgIpc) is 3.29. The van der Waals surface area contributed by atoms with Gasteiger partial charge in [-0.2, -0.15) is 0 Å². The highest BCUT2D eigenvalue weighted by atomic mass is 16.5. The molecule has 1 aliphatic heterocycles. The van der Waals surface area contributed by atoms with Crippen LogP contribution in [0.5, 0.6) is 0 Å². The first-order valence-corrected chi connectivity index (χ1v) is 10.9. The van der Waals surface area contributed by atoms with Crippen LogP contribution in [-0.4, -0.2) is 24.5 Å². The predicted molar refractivity (Wildman–Crippen MR) is 128 cm³/mol. The highest BCUT2D eigenvalue weighted by Crippen LogP contribution is 2.40. The highest BCUT2D eigenvalue weighted by Gasteiger charge is 2.35. The van der Waals surface area contributed by atoms with Gasteiger partial charge in [0.2, 0.25) is 0 Å². The number of ether oxygens (including phenoxy) is 1. The molecule has 4 aromatic rings. The molecule has 0 fully saturated rings. The lowest BCUT2D eigenvalue weighted by atomic mass is 9.91. The van der Waals surface area contributed by atoms with E-state index in [1.165, 1.54) is 29.0 Å². The molecular formula is C29H25NO2. The van der Waals surface area contributed by atoms with E-state index in [-0.39, 0.29) is 17.9 Å². The van der Waals surface area contributed by atoms with Gasteiger partial charge in [-0.15, -0.1) is 0 Å². The average molecular weight is 420 g/mol. The largest absolute Gasteiger partial charge is 0.466 e. The van der Waals surface area contributed by atoms with Crippen molar-refractivity contribution in [3.8, 4) is 0 Å². The molecule has 5 rings (SSSR count). The van der Waals surface area contributed by atoms with E-state index >= 15 is 0 Å². The van der Waals surface area contributed by atoms with Gasteiger partial charge in [0.25, 0.3) is 0 Å². The Morgan fingerprint density at radius 1 is 0.812 bits per heavy atom. The quantitative estimate of drug-likeness (QED) is 0.367. The summed E-state index contributed by atoms with van der Waals surface area (Å²) in [6, 6.07) is 35.7. The van der Waals surface area contributed by atoms with Crippen molar-refractivity contribution in [2.75, 3.05) is 13.7 Å². The predicted octanol–water partition coefficient (Wildman–Crippen LogP) is 6.09. The van der Waals surface area contributed by atoms with Crippen molar-refractivity contribution >= 4 is 16.7 Å². The third-order valence-corrected chi connectivity index (χ3v) is 6.23. The Labute approximate surface area is 188 Å². The number of methoxy groups -OCH3 is 1. The number of nitrogens with zero attached hydrogens (tertiary/aromatic N) is 1. The van der Waals surface area contributed by atoms with E-state index in [0.29, 0.717) is 12.1 Å². The third-order valence-electron chi connectivity index (χ3n) is 6.23. The molecule has 1 heterocycles. The Hall–Kier alpha value is -3.85. The summed E-state index contributed by atoms with van der Waals surface area (Å²) in [4.78, 5) is 15.1. The van der Waals surface area contributed by atoms with Gasteiger partial charge in [0.1, 0.15) is 0 Å². The standard InChI is InChI=1S/C29H25NO2/c1-32-29(31)27-20-30(19-26(27)25-17-16-21-10-8-9-15-24(21)18-25)28(22-11-4-2-5-12-22)23-13-6-3-7-14-23/h2-18,20,26,28H,19H2,1H3/t26-/m0/s1. The fraction of sp³-hybridized carbons (Fsp3) is 0.138. The zero-order valence-corrected chi connectivity index (χ0v) is 18.0. The van der Waals surface area contributed by atoms with E-state index in [0.717, 1.165) is 5.56 Å². The normalized spacial score (nSPS) is 15.8. The SMILES string of the molecule is COC(=O)C1=CN(C(c2ccccc2)c2ccccc2)C[C@H]1c1ccc2ccccc2c1. The van der Waals surface area contributed by atoms with Crippen LogP contribution < -0.4 is 0 Å². The Morgan fingerprint density at radius 2 is 1.41 bits per heavy atom. The summed E-state index contributed by atoms with van der Waals surface area (Å²) >= 11 is 0. The van der Waals surface area contributed by atoms with Gasteiger partial charge in [-0.25, -0.2) is 4.79 Å². The van der Waals surface area contributed by atoms with E-state index in [2.05, 4.69) is 83.8 Å². The molecule has 0 aromatic heterocycles. The van der Waals surface area contributed by atoms with Crippen LogP contribution in [0, 0.1) is 0 Å². The summed E-state index contributed by atoms with van der Waals surface area (Å²) in [7, 11) is 1.45. The Kier molecular flexibility index (Phi) is 5.47. The molecule has 0 amide bonds. The lowest BCUT2D eigenvalue weighted by Crippen LogP contribution is -2.25. The minimum Gasteiger partial charge on any atom is -0.466 e. The van der Waals surface area contributed by atoms with Crippen LogP contribution in [-0.2, 0) is 9.53 Å². The van der Waals surface area contributed by atoms with Crippen LogP contribution in [0.1, 0.15) is 28.7 Å². The van der Waals surface area contributed by atoms with Crippen molar-refractivity contribution in [2.24, 2.45) is 0 Å². The number of hydrogen-bond acceptors (Lipinski definition) is 3. The van der Waals surface area contributed by atoms with Gasteiger partial charge < -0.3 is 9.64 Å². The van der Waals surface area contributed by atoms with E-state index in [1.54, 1.807) is 0 Å². The van der Waals surface area contributed by atoms with Crippen LogP contribution in [0.2, 0.25) is 0 Å². The van der Waals surface area contributed by atoms with E-state index in [1.807, 2.05) is 30.5 Å². The summed E-state index contributed by atoms with van der Waals surface area (Å²) in [5.74, 6) is -0.326. The second-order valence-electron chi connectivity index (χ2n) is 8.16. The van der Waals surface area contributed by atoms with Gasteiger partial charge in [-0.1, -0.05) is 103 Å². The molecular weight excluding hydrogens is 394 g/mol. The molecule has 0 N–H and O–H groups in total. The monoisotopic (exact) mass is 419 g/mol. The van der Waals surface area contributed by atoms with Crippen LogP contribution in [0.3, 0.4) is 0 Å². The Morgan fingerprint density at radius 3 is 2.03 bits per heavy atom. The summed E-state index contributed by atoms with van der Waals surface area (Å²) in [5.41, 5.74) is 4.21. The number of fused-ring (bicyclic) bond motifs is 1. The van der Waals surface area contributed by atoms with Crippen molar-refractivity contribution in [2.45, 2.75) is 12.0 Å². The molecule has 0 radical (unpaired) electrons. The molecule has 0 saturated heterocycles. The second-order valence-corrected chi connectivity index (χ2v) is 8.16. The molecule has 0 bridgehead atoms. The van der Waals surface area contributed by atoms with Crippen molar-refractivity contribution in [3.05, 3.63) is 132 Å². The third kappa shape index (κ3) is 3.78. The Bertz CT molecular complexity index is 1220. The minimum atomic E-state index is -0.273. The summed E-state index contributed by atoms with van der Waals surface area (Å²) in [6.45, 7) is 0.706. The summed E-state index contributed by atoms with van der Waals surface area (Å²) in [5, 5.41) is 2.37. The van der Waals surface area contributed by atoms with Crippen molar-refractivity contribution in [3.63, 3.8) is 0 Å². The highest BCUT2D eigenvalue weighted by molar-refractivity contribution is 5.91. The zero-order valence-electron chi connectivity index (χ0n) is 18.0. The van der Waals surface area contributed by atoms with Crippen LogP contribution in [0.4, 0.5) is 0 Å². The smallest absolute Gasteiger partial charge is 0.335 e. The molecule has 3 nitrogen and oxygen atoms in total. The number of esters is 1. The van der Waals surface area contributed by atoms with Gasteiger partial charge in [0, 0.05) is 18.7 Å². The maximum Gasteiger partial charge on any atom is 0.335 e. The van der Waals surface area contributed by atoms with Gasteiger partial charge in [0.05, 0.1) is 18.7 Å². The number of carbonyl (C=O) groups is 1. The Balaban J connectivity index is 1.58. The molecule has 4 aromatic carbocycles. The van der Waals surface area contributed by atoms with Gasteiger partial charge >= 0.3 is 5.97 Å². The minimum absolute atomic E-state index is 0.0162. The van der Waals surface area contributed by atoms with Gasteiger partial charge in [-0.05, 0) is 27.5 Å². The lowest BCUT2D eigenvalue weighted by Gasteiger charge is -2.30. The first-order valence-electron chi connectivity index (χ1n) is 10.9. The fourth-order valence-corrected chi connectivity index (χ4v) is 4.68. The van der Waals surface area contributed by atoms with Crippen molar-refractivity contribution < 1.29 is 9.53 Å². The molecule has 0 aliphatic carbocycles. The maximum atomic E-state index is 12.8. The van der Waals surface area contributed by atoms with E-state index in [4.69, 9.17) is 4.74 Å². The van der Waals surface area contributed by atoms with Crippen molar-refractivity contribution in [1.82, 2.24) is 4.90 Å². The van der Waals surface area contributed by atoms with E-state index < -0.39 is 0 Å². The van der Waals surface area contributed by atoms with Crippen molar-refractivity contribution in [1.29, 1.82) is 0 Å². The molecule has 32 heavy (non-hydrogen) atoms. The first-order chi connectivity index (χ1) is 15.7. The molecule has 0 saturated carbocycles. The second kappa shape index (κ2) is 8.72. The topological polar surface area (TPSA) is 29.5 Å². The number of benzene rings is 4. The molecule has 158 valence electrons. The number of rotatable bonds is 5. The molecule has 1 aliphatic rings. The molecule has 3 heteroatoms. The lowest BCUT2D eigenvalue weighted by molar-refractivity contribution is -0.136. The van der Waals surface area contributed by atoms with E-state index in [9.17, 15) is 4.79 Å². The number of hydrogen-bond donors (Lipinski definition) is 0. The maximum absolute atomic E-state index is 12.8. The van der Waals surface area contributed by atoms with Crippen LogP contribution >= 0.6 is 0 Å². The summed E-state index contributed by atoms with van der Waals surface area (Å²) in [6.07, 6.45) is 2.00. The molecule has 0 unspecified atom stereocenters. The number of carbonyl (C=O) groups excluding carboxylic acids is 1. The van der Waals surface area contributed by atoms with Crippen LogP contribution in [0.15, 0.2) is 115 Å². The summed E-state index contributed by atoms with van der Waals surface area (Å²) < 4.78 is 5.18. The van der Waals surface area contributed by atoms with Gasteiger partial charge in [-0.3, -0.25) is 0 Å². The zero-order chi connectivity index (χ0) is 21.9. The first kappa shape index (κ1) is 20.1. The molecule has 1 atom stereocenters.